The monoisotopic (exact) mass is 263 g/mol. The summed E-state index contributed by atoms with van der Waals surface area (Å²) < 4.78 is 5.76. The Morgan fingerprint density at radius 3 is 2.32 bits per heavy atom. The van der Waals surface area contributed by atoms with Gasteiger partial charge in [0.2, 0.25) is 0 Å². The first kappa shape index (κ1) is 16.0. The topological polar surface area (TPSA) is 21.3 Å². The maximum absolute atomic E-state index is 5.76. The Bertz CT molecular complexity index is 321. The largest absolute Gasteiger partial charge is 0.494 e. The minimum absolute atomic E-state index is 0.410. The fourth-order valence-electron chi connectivity index (χ4n) is 2.17. The second kappa shape index (κ2) is 9.85. The molecular formula is C17H29NO. The van der Waals surface area contributed by atoms with Crippen LogP contribution in [0.15, 0.2) is 24.3 Å². The van der Waals surface area contributed by atoms with Crippen molar-refractivity contribution in [2.75, 3.05) is 13.2 Å². The number of ether oxygens (including phenoxy) is 1. The SMILES string of the molecule is CCCCCCCOc1ccc(C(C)NCC)cc1. The van der Waals surface area contributed by atoms with Crippen LogP contribution in [0.2, 0.25) is 0 Å². The second-order valence-corrected chi connectivity index (χ2v) is 5.11. The van der Waals surface area contributed by atoms with Crippen LogP contribution in [-0.4, -0.2) is 13.2 Å². The standard InChI is InChI=1S/C17H29NO/c1-4-6-7-8-9-14-19-17-12-10-16(11-13-17)15(3)18-5-2/h10-13,15,18H,4-9,14H2,1-3H3. The first-order chi connectivity index (χ1) is 9.27. The van der Waals surface area contributed by atoms with Crippen molar-refractivity contribution in [2.24, 2.45) is 0 Å². The van der Waals surface area contributed by atoms with Gasteiger partial charge in [0.25, 0.3) is 0 Å². The molecule has 1 aromatic carbocycles. The lowest BCUT2D eigenvalue weighted by molar-refractivity contribution is 0.304. The van der Waals surface area contributed by atoms with Crippen LogP contribution in [0.25, 0.3) is 0 Å². The zero-order chi connectivity index (χ0) is 13.9. The van der Waals surface area contributed by atoms with Crippen LogP contribution < -0.4 is 10.1 Å². The summed E-state index contributed by atoms with van der Waals surface area (Å²) in [4.78, 5) is 0. The van der Waals surface area contributed by atoms with Crippen molar-refractivity contribution in [1.29, 1.82) is 0 Å². The molecule has 1 rings (SSSR count). The number of hydrogen-bond donors (Lipinski definition) is 1. The predicted octanol–water partition coefficient (Wildman–Crippen LogP) is 4.71. The molecular weight excluding hydrogens is 234 g/mol. The summed E-state index contributed by atoms with van der Waals surface area (Å²) in [5, 5.41) is 3.41. The Morgan fingerprint density at radius 2 is 1.68 bits per heavy atom. The van der Waals surface area contributed by atoms with Gasteiger partial charge in [0.05, 0.1) is 6.61 Å². The van der Waals surface area contributed by atoms with Gasteiger partial charge in [-0.2, -0.15) is 0 Å². The Kier molecular flexibility index (Phi) is 8.31. The van der Waals surface area contributed by atoms with Crippen molar-refractivity contribution in [3.05, 3.63) is 29.8 Å². The molecule has 0 radical (unpaired) electrons. The molecule has 0 saturated heterocycles. The molecule has 19 heavy (non-hydrogen) atoms. The molecule has 2 heteroatoms. The summed E-state index contributed by atoms with van der Waals surface area (Å²) in [6.07, 6.45) is 6.42. The van der Waals surface area contributed by atoms with E-state index in [1.807, 2.05) is 0 Å². The number of benzene rings is 1. The van der Waals surface area contributed by atoms with E-state index in [1.54, 1.807) is 0 Å². The van der Waals surface area contributed by atoms with Crippen molar-refractivity contribution in [2.45, 2.75) is 58.9 Å². The van der Waals surface area contributed by atoms with Crippen LogP contribution in [0.5, 0.6) is 5.75 Å². The van der Waals surface area contributed by atoms with Crippen LogP contribution in [0.4, 0.5) is 0 Å². The predicted molar refractivity (Wildman–Crippen MR) is 82.8 cm³/mol. The van der Waals surface area contributed by atoms with Crippen molar-refractivity contribution >= 4 is 0 Å². The van der Waals surface area contributed by atoms with Gasteiger partial charge in [-0.1, -0.05) is 51.7 Å². The zero-order valence-corrected chi connectivity index (χ0v) is 12.7. The Hall–Kier alpha value is -1.02. The molecule has 0 amide bonds. The van der Waals surface area contributed by atoms with Gasteiger partial charge in [-0.25, -0.2) is 0 Å². The number of rotatable bonds is 10. The van der Waals surface area contributed by atoms with Gasteiger partial charge in [-0.3, -0.25) is 0 Å². The Morgan fingerprint density at radius 1 is 1.00 bits per heavy atom. The maximum atomic E-state index is 5.76. The Labute approximate surface area is 118 Å². The van der Waals surface area contributed by atoms with Crippen molar-refractivity contribution in [3.8, 4) is 5.75 Å². The summed E-state index contributed by atoms with van der Waals surface area (Å²) in [5.74, 6) is 0.989. The van der Waals surface area contributed by atoms with Crippen LogP contribution in [0.3, 0.4) is 0 Å². The molecule has 1 aromatic rings. The van der Waals surface area contributed by atoms with Crippen LogP contribution >= 0.6 is 0 Å². The van der Waals surface area contributed by atoms with E-state index < -0.39 is 0 Å². The van der Waals surface area contributed by atoms with E-state index in [4.69, 9.17) is 4.74 Å². The average Bonchev–Trinajstić information content (AvgIpc) is 2.43. The molecule has 2 nitrogen and oxygen atoms in total. The fraction of sp³-hybridized carbons (Fsp3) is 0.647. The molecule has 1 N–H and O–H groups in total. The van der Waals surface area contributed by atoms with Crippen molar-refractivity contribution < 1.29 is 4.74 Å². The fourth-order valence-corrected chi connectivity index (χ4v) is 2.17. The molecule has 0 aromatic heterocycles. The summed E-state index contributed by atoms with van der Waals surface area (Å²) in [6.45, 7) is 8.40. The number of hydrogen-bond acceptors (Lipinski definition) is 2. The first-order valence-corrected chi connectivity index (χ1v) is 7.74. The van der Waals surface area contributed by atoms with Gasteiger partial charge in [0, 0.05) is 6.04 Å². The van der Waals surface area contributed by atoms with Crippen molar-refractivity contribution in [3.63, 3.8) is 0 Å². The number of nitrogens with one attached hydrogen (secondary N) is 1. The van der Waals surface area contributed by atoms with Crippen LogP contribution in [0.1, 0.15) is 64.5 Å². The molecule has 0 spiro atoms. The number of unbranched alkanes of at least 4 members (excludes halogenated alkanes) is 4. The van der Waals surface area contributed by atoms with E-state index in [0.29, 0.717) is 6.04 Å². The normalized spacial score (nSPS) is 12.4. The summed E-state index contributed by atoms with van der Waals surface area (Å²) in [6, 6.07) is 8.87. The minimum Gasteiger partial charge on any atom is -0.494 e. The second-order valence-electron chi connectivity index (χ2n) is 5.11. The third-order valence-electron chi connectivity index (χ3n) is 3.41. The van der Waals surface area contributed by atoms with Gasteiger partial charge in [-0.15, -0.1) is 0 Å². The summed E-state index contributed by atoms with van der Waals surface area (Å²) in [5.41, 5.74) is 1.32. The van der Waals surface area contributed by atoms with E-state index in [2.05, 4.69) is 50.4 Å². The van der Waals surface area contributed by atoms with E-state index in [1.165, 1.54) is 31.2 Å². The van der Waals surface area contributed by atoms with E-state index >= 15 is 0 Å². The van der Waals surface area contributed by atoms with Crippen LogP contribution in [-0.2, 0) is 0 Å². The van der Waals surface area contributed by atoms with Crippen molar-refractivity contribution in [1.82, 2.24) is 5.32 Å². The first-order valence-electron chi connectivity index (χ1n) is 7.74. The highest BCUT2D eigenvalue weighted by molar-refractivity contribution is 5.28. The molecule has 0 fully saturated rings. The lowest BCUT2D eigenvalue weighted by Crippen LogP contribution is -2.17. The van der Waals surface area contributed by atoms with Crippen LogP contribution in [0, 0.1) is 0 Å². The quantitative estimate of drug-likeness (QED) is 0.617. The molecule has 0 aliphatic heterocycles. The molecule has 0 aliphatic rings. The smallest absolute Gasteiger partial charge is 0.119 e. The van der Waals surface area contributed by atoms with E-state index in [-0.39, 0.29) is 0 Å². The average molecular weight is 263 g/mol. The highest BCUT2D eigenvalue weighted by atomic mass is 16.5. The van der Waals surface area contributed by atoms with Gasteiger partial charge in [0.15, 0.2) is 0 Å². The van der Waals surface area contributed by atoms with Gasteiger partial charge in [-0.05, 0) is 37.6 Å². The Balaban J connectivity index is 2.24. The third-order valence-corrected chi connectivity index (χ3v) is 3.41. The third kappa shape index (κ3) is 6.63. The maximum Gasteiger partial charge on any atom is 0.119 e. The van der Waals surface area contributed by atoms with E-state index in [0.717, 1.165) is 25.3 Å². The molecule has 0 saturated carbocycles. The summed E-state index contributed by atoms with van der Waals surface area (Å²) in [7, 11) is 0. The summed E-state index contributed by atoms with van der Waals surface area (Å²) >= 11 is 0. The highest BCUT2D eigenvalue weighted by Gasteiger charge is 2.03. The molecule has 0 bridgehead atoms. The van der Waals surface area contributed by atoms with E-state index in [9.17, 15) is 0 Å². The minimum atomic E-state index is 0.410. The van der Waals surface area contributed by atoms with Gasteiger partial charge in [0.1, 0.15) is 5.75 Å². The highest BCUT2D eigenvalue weighted by Crippen LogP contribution is 2.17. The lowest BCUT2D eigenvalue weighted by atomic mass is 10.1. The zero-order valence-electron chi connectivity index (χ0n) is 12.7. The molecule has 108 valence electrons. The van der Waals surface area contributed by atoms with Gasteiger partial charge >= 0.3 is 0 Å². The molecule has 0 heterocycles. The lowest BCUT2D eigenvalue weighted by Gasteiger charge is -2.13. The molecule has 1 unspecified atom stereocenters. The molecule has 0 aliphatic carbocycles. The molecule has 1 atom stereocenters. The van der Waals surface area contributed by atoms with Gasteiger partial charge < -0.3 is 10.1 Å².